The molecule has 1 fully saturated rings. The van der Waals surface area contributed by atoms with Gasteiger partial charge in [0.25, 0.3) is 0 Å². The van der Waals surface area contributed by atoms with Gasteiger partial charge in [-0.1, -0.05) is 39.7 Å². The number of rotatable bonds is 4. The smallest absolute Gasteiger partial charge is 0.0968 e. The van der Waals surface area contributed by atoms with Gasteiger partial charge in [-0.25, -0.2) is 0 Å². The summed E-state index contributed by atoms with van der Waals surface area (Å²) in [4.78, 5) is 0. The standard InChI is InChI=1S/C10H14NOP/c13-11-9(10-7-12-10)6-8-4-2-1-3-5-8/h1-5,9-11H,6-7,13H2/t9-,10+/m0/s1. The number of hydrogen-bond donors (Lipinski definition) is 1. The normalized spacial score (nSPS) is 22.7. The summed E-state index contributed by atoms with van der Waals surface area (Å²) in [5, 5.41) is 3.20. The quantitative estimate of drug-likeness (QED) is 0.579. The zero-order valence-corrected chi connectivity index (χ0v) is 8.60. The molecular weight excluding hydrogens is 181 g/mol. The van der Waals surface area contributed by atoms with Gasteiger partial charge in [-0.3, -0.25) is 5.09 Å². The Kier molecular flexibility index (Phi) is 2.94. The first-order valence-electron chi connectivity index (χ1n) is 4.52. The van der Waals surface area contributed by atoms with Gasteiger partial charge in [0.1, 0.15) is 0 Å². The lowest BCUT2D eigenvalue weighted by molar-refractivity contribution is 0.363. The predicted molar refractivity (Wildman–Crippen MR) is 56.5 cm³/mol. The molecule has 1 aliphatic heterocycles. The molecule has 2 rings (SSSR count). The molecule has 3 atom stereocenters. The molecule has 0 amide bonds. The van der Waals surface area contributed by atoms with Crippen molar-refractivity contribution in [3.63, 3.8) is 0 Å². The van der Waals surface area contributed by atoms with Crippen LogP contribution in [0.1, 0.15) is 5.56 Å². The molecule has 2 nitrogen and oxygen atoms in total. The minimum atomic E-state index is 0.415. The van der Waals surface area contributed by atoms with Crippen LogP contribution < -0.4 is 5.09 Å². The maximum absolute atomic E-state index is 5.26. The Balaban J connectivity index is 1.95. The topological polar surface area (TPSA) is 24.6 Å². The van der Waals surface area contributed by atoms with Gasteiger partial charge < -0.3 is 4.74 Å². The van der Waals surface area contributed by atoms with E-state index in [0.717, 1.165) is 13.0 Å². The molecule has 1 aromatic rings. The van der Waals surface area contributed by atoms with Crippen molar-refractivity contribution in [3.8, 4) is 0 Å². The highest BCUT2D eigenvalue weighted by Crippen LogP contribution is 2.18. The lowest BCUT2D eigenvalue weighted by Crippen LogP contribution is -2.29. The Morgan fingerprint density at radius 3 is 2.69 bits per heavy atom. The number of hydrogen-bond acceptors (Lipinski definition) is 2. The van der Waals surface area contributed by atoms with Crippen molar-refractivity contribution in [3.05, 3.63) is 35.9 Å². The van der Waals surface area contributed by atoms with Crippen LogP contribution in [0.3, 0.4) is 0 Å². The monoisotopic (exact) mass is 195 g/mol. The highest BCUT2D eigenvalue weighted by molar-refractivity contribution is 7.13. The third kappa shape index (κ3) is 2.50. The van der Waals surface area contributed by atoms with E-state index >= 15 is 0 Å². The molecular formula is C10H14NOP. The van der Waals surface area contributed by atoms with Crippen LogP contribution in [0.25, 0.3) is 0 Å². The molecule has 70 valence electrons. The van der Waals surface area contributed by atoms with Gasteiger partial charge in [-0.15, -0.1) is 0 Å². The van der Waals surface area contributed by atoms with Crippen LogP contribution in [0.2, 0.25) is 0 Å². The summed E-state index contributed by atoms with van der Waals surface area (Å²) < 4.78 is 5.26. The Labute approximate surface area is 80.9 Å². The van der Waals surface area contributed by atoms with E-state index in [-0.39, 0.29) is 0 Å². The largest absolute Gasteiger partial charge is 0.371 e. The summed E-state index contributed by atoms with van der Waals surface area (Å²) in [7, 11) is 2.57. The molecule has 0 radical (unpaired) electrons. The van der Waals surface area contributed by atoms with E-state index in [1.54, 1.807) is 0 Å². The second-order valence-corrected chi connectivity index (χ2v) is 3.67. The number of epoxide rings is 1. The van der Waals surface area contributed by atoms with Crippen molar-refractivity contribution in [1.82, 2.24) is 5.09 Å². The number of ether oxygens (including phenoxy) is 1. The van der Waals surface area contributed by atoms with Gasteiger partial charge in [0, 0.05) is 6.04 Å². The minimum absolute atomic E-state index is 0.415. The molecule has 0 saturated carbocycles. The van der Waals surface area contributed by atoms with E-state index in [1.807, 2.05) is 6.07 Å². The summed E-state index contributed by atoms with van der Waals surface area (Å²) in [5.41, 5.74) is 1.36. The van der Waals surface area contributed by atoms with Crippen molar-refractivity contribution in [2.24, 2.45) is 0 Å². The predicted octanol–water partition coefficient (Wildman–Crippen LogP) is 1.38. The minimum Gasteiger partial charge on any atom is -0.371 e. The molecule has 1 unspecified atom stereocenters. The molecule has 1 saturated heterocycles. The Bertz CT molecular complexity index is 261. The SMILES string of the molecule is PN[C@@H](Cc1ccccc1)[C@H]1CO1. The first-order valence-corrected chi connectivity index (χ1v) is 5.09. The maximum Gasteiger partial charge on any atom is 0.0968 e. The average Bonchev–Trinajstić information content (AvgIpc) is 2.99. The van der Waals surface area contributed by atoms with E-state index in [4.69, 9.17) is 4.74 Å². The fourth-order valence-electron chi connectivity index (χ4n) is 1.45. The van der Waals surface area contributed by atoms with Crippen LogP contribution in [0, 0.1) is 0 Å². The van der Waals surface area contributed by atoms with Crippen molar-refractivity contribution >= 4 is 9.39 Å². The van der Waals surface area contributed by atoms with Gasteiger partial charge in [0.15, 0.2) is 0 Å². The van der Waals surface area contributed by atoms with E-state index in [1.165, 1.54) is 5.56 Å². The van der Waals surface area contributed by atoms with Crippen LogP contribution in [-0.4, -0.2) is 18.8 Å². The van der Waals surface area contributed by atoms with Crippen LogP contribution in [0.4, 0.5) is 0 Å². The second kappa shape index (κ2) is 4.19. The summed E-state index contributed by atoms with van der Waals surface area (Å²) in [6.07, 6.45) is 1.45. The van der Waals surface area contributed by atoms with E-state index in [9.17, 15) is 0 Å². The molecule has 0 bridgehead atoms. The van der Waals surface area contributed by atoms with Crippen LogP contribution >= 0.6 is 9.39 Å². The first kappa shape index (κ1) is 9.14. The van der Waals surface area contributed by atoms with Gasteiger partial charge in [0.05, 0.1) is 12.7 Å². The molecule has 1 heterocycles. The molecule has 1 aromatic carbocycles. The Morgan fingerprint density at radius 1 is 1.46 bits per heavy atom. The van der Waals surface area contributed by atoms with Crippen LogP contribution in [-0.2, 0) is 11.2 Å². The molecule has 1 aliphatic rings. The summed E-state index contributed by atoms with van der Waals surface area (Å²) in [6.45, 7) is 0.902. The molecule has 13 heavy (non-hydrogen) atoms. The first-order chi connectivity index (χ1) is 6.40. The molecule has 1 N–H and O–H groups in total. The van der Waals surface area contributed by atoms with Crippen molar-refractivity contribution in [1.29, 1.82) is 0 Å². The van der Waals surface area contributed by atoms with E-state index in [0.29, 0.717) is 12.1 Å². The zero-order chi connectivity index (χ0) is 9.10. The fraction of sp³-hybridized carbons (Fsp3) is 0.400. The lowest BCUT2D eigenvalue weighted by atomic mass is 10.0. The van der Waals surface area contributed by atoms with Crippen molar-refractivity contribution in [2.75, 3.05) is 6.61 Å². The van der Waals surface area contributed by atoms with Gasteiger partial charge in [-0.2, -0.15) is 0 Å². The van der Waals surface area contributed by atoms with Crippen molar-refractivity contribution < 1.29 is 4.74 Å². The summed E-state index contributed by atoms with van der Waals surface area (Å²) >= 11 is 0. The zero-order valence-electron chi connectivity index (χ0n) is 7.44. The molecule has 0 aromatic heterocycles. The average molecular weight is 195 g/mol. The van der Waals surface area contributed by atoms with E-state index in [2.05, 4.69) is 38.7 Å². The highest BCUT2D eigenvalue weighted by Gasteiger charge is 2.31. The third-order valence-corrected chi connectivity index (χ3v) is 2.75. The third-order valence-electron chi connectivity index (χ3n) is 2.32. The number of nitrogens with one attached hydrogen (secondary N) is 1. The van der Waals surface area contributed by atoms with E-state index < -0.39 is 0 Å². The summed E-state index contributed by atoms with van der Waals surface area (Å²) in [6, 6.07) is 10.9. The Hall–Kier alpha value is -0.430. The van der Waals surface area contributed by atoms with Crippen LogP contribution in [0.15, 0.2) is 30.3 Å². The number of benzene rings is 1. The summed E-state index contributed by atoms with van der Waals surface area (Å²) in [5.74, 6) is 0. The Morgan fingerprint density at radius 2 is 2.15 bits per heavy atom. The second-order valence-electron chi connectivity index (χ2n) is 3.33. The molecule has 3 heteroatoms. The maximum atomic E-state index is 5.26. The van der Waals surface area contributed by atoms with Crippen LogP contribution in [0.5, 0.6) is 0 Å². The fourth-order valence-corrected chi connectivity index (χ4v) is 1.79. The highest BCUT2D eigenvalue weighted by atomic mass is 31.0. The van der Waals surface area contributed by atoms with Gasteiger partial charge in [0.2, 0.25) is 0 Å². The van der Waals surface area contributed by atoms with Gasteiger partial charge >= 0.3 is 0 Å². The molecule has 0 spiro atoms. The lowest BCUT2D eigenvalue weighted by Gasteiger charge is -2.12. The van der Waals surface area contributed by atoms with Crippen molar-refractivity contribution in [2.45, 2.75) is 18.6 Å². The molecule has 0 aliphatic carbocycles. The van der Waals surface area contributed by atoms with Gasteiger partial charge in [-0.05, 0) is 12.0 Å².